The zero-order valence-electron chi connectivity index (χ0n) is 12.1. The van der Waals surface area contributed by atoms with Crippen LogP contribution in [0.5, 0.6) is 0 Å². The molecule has 1 atom stereocenters. The van der Waals surface area contributed by atoms with Crippen LogP contribution in [0.15, 0.2) is 42.5 Å². The lowest BCUT2D eigenvalue weighted by atomic mass is 9.99. The first-order valence-corrected chi connectivity index (χ1v) is 7.06. The van der Waals surface area contributed by atoms with Gasteiger partial charge in [0.1, 0.15) is 5.82 Å². The summed E-state index contributed by atoms with van der Waals surface area (Å²) >= 11 is 5.92. The first-order valence-electron chi connectivity index (χ1n) is 6.68. The zero-order valence-corrected chi connectivity index (χ0v) is 12.9. The van der Waals surface area contributed by atoms with Gasteiger partial charge in [-0.2, -0.15) is 0 Å². The standard InChI is InChI=1S/C16H19ClFN3/c1-21(2)14-6-3-11(4-7-14)16(20-19)10-12-9-13(17)5-8-15(12)18/h3-9,16,20H,10,19H2,1-2H3. The molecule has 0 aromatic heterocycles. The number of rotatable bonds is 5. The van der Waals surface area contributed by atoms with E-state index in [4.69, 9.17) is 17.4 Å². The molecular weight excluding hydrogens is 289 g/mol. The lowest BCUT2D eigenvalue weighted by molar-refractivity contribution is 0.529. The van der Waals surface area contributed by atoms with E-state index < -0.39 is 0 Å². The zero-order chi connectivity index (χ0) is 15.4. The maximum atomic E-state index is 13.8. The predicted octanol–water partition coefficient (Wildman–Crippen LogP) is 3.29. The molecule has 2 aromatic rings. The predicted molar refractivity (Wildman–Crippen MR) is 85.9 cm³/mol. The molecule has 2 rings (SSSR count). The van der Waals surface area contributed by atoms with E-state index in [2.05, 4.69) is 5.43 Å². The molecule has 3 nitrogen and oxygen atoms in total. The fraction of sp³-hybridized carbons (Fsp3) is 0.250. The number of nitrogens with one attached hydrogen (secondary N) is 1. The quantitative estimate of drug-likeness (QED) is 0.658. The van der Waals surface area contributed by atoms with Crippen molar-refractivity contribution >= 4 is 17.3 Å². The Morgan fingerprint density at radius 2 is 1.86 bits per heavy atom. The van der Waals surface area contributed by atoms with Crippen molar-refractivity contribution in [1.29, 1.82) is 0 Å². The van der Waals surface area contributed by atoms with Gasteiger partial charge in [-0.25, -0.2) is 4.39 Å². The summed E-state index contributed by atoms with van der Waals surface area (Å²) in [4.78, 5) is 2.02. The van der Waals surface area contributed by atoms with Crippen molar-refractivity contribution in [2.24, 2.45) is 5.84 Å². The molecule has 0 saturated heterocycles. The van der Waals surface area contributed by atoms with Crippen molar-refractivity contribution in [2.75, 3.05) is 19.0 Å². The normalized spacial score (nSPS) is 12.2. The minimum atomic E-state index is -0.274. The Morgan fingerprint density at radius 3 is 2.43 bits per heavy atom. The van der Waals surface area contributed by atoms with Crippen molar-refractivity contribution < 1.29 is 4.39 Å². The van der Waals surface area contributed by atoms with Crippen LogP contribution >= 0.6 is 11.6 Å². The maximum Gasteiger partial charge on any atom is 0.126 e. The highest BCUT2D eigenvalue weighted by Crippen LogP contribution is 2.23. The van der Waals surface area contributed by atoms with Crippen molar-refractivity contribution in [2.45, 2.75) is 12.5 Å². The number of hydrogen-bond donors (Lipinski definition) is 2. The summed E-state index contributed by atoms with van der Waals surface area (Å²) in [5.41, 5.74) is 5.39. The van der Waals surface area contributed by atoms with E-state index in [9.17, 15) is 4.39 Å². The average molecular weight is 308 g/mol. The van der Waals surface area contributed by atoms with E-state index in [1.54, 1.807) is 6.07 Å². The SMILES string of the molecule is CN(C)c1ccc(C(Cc2cc(Cl)ccc2F)NN)cc1. The van der Waals surface area contributed by atoms with Crippen LogP contribution < -0.4 is 16.2 Å². The minimum absolute atomic E-state index is 0.172. The molecule has 3 N–H and O–H groups in total. The molecule has 0 bridgehead atoms. The maximum absolute atomic E-state index is 13.8. The van der Waals surface area contributed by atoms with Gasteiger partial charge in [-0.3, -0.25) is 11.3 Å². The van der Waals surface area contributed by atoms with E-state index in [0.29, 0.717) is 17.0 Å². The van der Waals surface area contributed by atoms with Crippen LogP contribution in [0.3, 0.4) is 0 Å². The summed E-state index contributed by atoms with van der Waals surface area (Å²) in [6.45, 7) is 0. The number of nitrogens with zero attached hydrogens (tertiary/aromatic N) is 1. The smallest absolute Gasteiger partial charge is 0.126 e. The van der Waals surface area contributed by atoms with Crippen LogP contribution in [0.25, 0.3) is 0 Å². The van der Waals surface area contributed by atoms with E-state index in [0.717, 1.165) is 11.3 Å². The monoisotopic (exact) mass is 307 g/mol. The Morgan fingerprint density at radius 1 is 1.19 bits per heavy atom. The van der Waals surface area contributed by atoms with Gasteiger partial charge < -0.3 is 4.90 Å². The Labute approximate surface area is 129 Å². The van der Waals surface area contributed by atoms with Gasteiger partial charge in [0.2, 0.25) is 0 Å². The molecular formula is C16H19ClFN3. The molecule has 0 radical (unpaired) electrons. The number of anilines is 1. The van der Waals surface area contributed by atoms with Crippen molar-refractivity contribution in [3.8, 4) is 0 Å². The van der Waals surface area contributed by atoms with Crippen molar-refractivity contribution in [3.63, 3.8) is 0 Å². The van der Waals surface area contributed by atoms with Crippen LogP contribution in [0, 0.1) is 5.82 Å². The van der Waals surface area contributed by atoms with Crippen LogP contribution in [0.2, 0.25) is 5.02 Å². The van der Waals surface area contributed by atoms with Crippen molar-refractivity contribution in [3.05, 3.63) is 64.4 Å². The molecule has 0 aliphatic heterocycles. The second-order valence-corrected chi connectivity index (χ2v) is 5.58. The number of hydrazine groups is 1. The number of halogens is 2. The molecule has 0 saturated carbocycles. The summed E-state index contributed by atoms with van der Waals surface area (Å²) in [5, 5.41) is 0.519. The third-order valence-corrected chi connectivity index (χ3v) is 3.68. The molecule has 0 aliphatic carbocycles. The molecule has 0 fully saturated rings. The molecule has 1 unspecified atom stereocenters. The topological polar surface area (TPSA) is 41.3 Å². The molecule has 0 amide bonds. The highest BCUT2D eigenvalue weighted by molar-refractivity contribution is 6.30. The average Bonchev–Trinajstić information content (AvgIpc) is 2.48. The molecule has 2 aromatic carbocycles. The first-order chi connectivity index (χ1) is 10.0. The molecule has 0 heterocycles. The Balaban J connectivity index is 2.21. The van der Waals surface area contributed by atoms with Gasteiger partial charge in [-0.15, -0.1) is 0 Å². The first kappa shape index (κ1) is 15.8. The van der Waals surface area contributed by atoms with Gasteiger partial charge in [0.05, 0.1) is 6.04 Å². The van der Waals surface area contributed by atoms with Gasteiger partial charge in [0, 0.05) is 24.8 Å². The molecule has 0 spiro atoms. The third kappa shape index (κ3) is 3.94. The number of nitrogens with two attached hydrogens (primary N) is 1. The molecule has 5 heteroatoms. The third-order valence-electron chi connectivity index (χ3n) is 3.44. The number of hydrogen-bond acceptors (Lipinski definition) is 3. The van der Waals surface area contributed by atoms with Crippen molar-refractivity contribution in [1.82, 2.24) is 5.43 Å². The highest BCUT2D eigenvalue weighted by atomic mass is 35.5. The second kappa shape index (κ2) is 6.89. The fourth-order valence-corrected chi connectivity index (χ4v) is 2.39. The lowest BCUT2D eigenvalue weighted by Gasteiger charge is -2.19. The molecule has 112 valence electrons. The van der Waals surface area contributed by atoms with Crippen LogP contribution in [-0.4, -0.2) is 14.1 Å². The van der Waals surface area contributed by atoms with Crippen LogP contribution in [0.1, 0.15) is 17.2 Å². The van der Waals surface area contributed by atoms with E-state index in [-0.39, 0.29) is 11.9 Å². The Kier molecular flexibility index (Phi) is 5.17. The van der Waals surface area contributed by atoms with Gasteiger partial charge in [0.25, 0.3) is 0 Å². The molecule has 0 aliphatic rings. The summed E-state index contributed by atoms with van der Waals surface area (Å²) in [5.74, 6) is 5.35. The Hall–Kier alpha value is -1.62. The van der Waals surface area contributed by atoms with Gasteiger partial charge in [-0.1, -0.05) is 23.7 Å². The summed E-state index contributed by atoms with van der Waals surface area (Å²) < 4.78 is 13.8. The Bertz CT molecular complexity index is 599. The van der Waals surface area contributed by atoms with Crippen LogP contribution in [0.4, 0.5) is 10.1 Å². The minimum Gasteiger partial charge on any atom is -0.378 e. The molecule has 21 heavy (non-hydrogen) atoms. The van der Waals surface area contributed by atoms with E-state index in [1.807, 2.05) is 43.3 Å². The number of benzene rings is 2. The van der Waals surface area contributed by atoms with Gasteiger partial charge in [0.15, 0.2) is 0 Å². The fourth-order valence-electron chi connectivity index (χ4n) is 2.20. The van der Waals surface area contributed by atoms with Crippen LogP contribution in [-0.2, 0) is 6.42 Å². The van der Waals surface area contributed by atoms with E-state index in [1.165, 1.54) is 12.1 Å². The lowest BCUT2D eigenvalue weighted by Crippen LogP contribution is -2.29. The summed E-state index contributed by atoms with van der Waals surface area (Å²) in [6, 6.07) is 12.4. The van der Waals surface area contributed by atoms with E-state index >= 15 is 0 Å². The second-order valence-electron chi connectivity index (χ2n) is 5.15. The summed E-state index contributed by atoms with van der Waals surface area (Å²) in [6.07, 6.45) is 0.435. The summed E-state index contributed by atoms with van der Waals surface area (Å²) in [7, 11) is 3.96. The van der Waals surface area contributed by atoms with Gasteiger partial charge >= 0.3 is 0 Å². The highest BCUT2D eigenvalue weighted by Gasteiger charge is 2.14. The van der Waals surface area contributed by atoms with Gasteiger partial charge in [-0.05, 0) is 47.9 Å². The largest absolute Gasteiger partial charge is 0.378 e.